The average Bonchev–Trinajstić information content (AvgIpc) is 2.11. The molecule has 0 unspecified atom stereocenters. The van der Waals surface area contributed by atoms with Crippen molar-refractivity contribution in [2.75, 3.05) is 6.61 Å². The van der Waals surface area contributed by atoms with Crippen molar-refractivity contribution in [2.24, 2.45) is 0 Å². The van der Waals surface area contributed by atoms with E-state index in [9.17, 15) is 4.79 Å². The molecule has 0 atom stereocenters. The van der Waals surface area contributed by atoms with Gasteiger partial charge in [0.15, 0.2) is 0 Å². The summed E-state index contributed by atoms with van der Waals surface area (Å²) in [4.78, 5) is 10.9. The van der Waals surface area contributed by atoms with E-state index in [-0.39, 0.29) is 5.97 Å². The SMILES string of the molecule is O=C1/C=C\CCCCCCCO1. The van der Waals surface area contributed by atoms with E-state index >= 15 is 0 Å². The van der Waals surface area contributed by atoms with Gasteiger partial charge in [0.05, 0.1) is 6.61 Å². The normalized spacial score (nSPS) is 23.8. The summed E-state index contributed by atoms with van der Waals surface area (Å²) in [6, 6.07) is 0. The minimum Gasteiger partial charge on any atom is -0.463 e. The lowest BCUT2D eigenvalue weighted by molar-refractivity contribution is -0.137. The molecule has 0 N–H and O–H groups in total. The molecule has 1 rings (SSSR count). The fourth-order valence-corrected chi connectivity index (χ4v) is 1.30. The standard InChI is InChI=1S/C10H16O2/c11-10-8-6-4-2-1-3-5-7-9-12-10/h6,8H,1-5,7,9H2/b8-6-. The van der Waals surface area contributed by atoms with Gasteiger partial charge in [-0.3, -0.25) is 0 Å². The highest BCUT2D eigenvalue weighted by Crippen LogP contribution is 2.07. The van der Waals surface area contributed by atoms with Gasteiger partial charge in [-0.2, -0.15) is 0 Å². The summed E-state index contributed by atoms with van der Waals surface area (Å²) in [6.07, 6.45) is 10.4. The van der Waals surface area contributed by atoms with Crippen LogP contribution in [0.3, 0.4) is 0 Å². The molecule has 0 aromatic rings. The zero-order valence-corrected chi connectivity index (χ0v) is 7.42. The molecule has 0 radical (unpaired) electrons. The van der Waals surface area contributed by atoms with E-state index in [1.54, 1.807) is 6.08 Å². The maximum Gasteiger partial charge on any atom is 0.330 e. The Hall–Kier alpha value is -0.790. The fourth-order valence-electron chi connectivity index (χ4n) is 1.30. The van der Waals surface area contributed by atoms with Gasteiger partial charge in [-0.25, -0.2) is 4.79 Å². The van der Waals surface area contributed by atoms with Gasteiger partial charge in [0.25, 0.3) is 0 Å². The molecule has 0 saturated carbocycles. The quantitative estimate of drug-likeness (QED) is 0.519. The van der Waals surface area contributed by atoms with Crippen molar-refractivity contribution in [3.05, 3.63) is 12.2 Å². The second kappa shape index (κ2) is 5.81. The Kier molecular flexibility index (Phi) is 4.50. The smallest absolute Gasteiger partial charge is 0.330 e. The molecule has 0 saturated heterocycles. The number of esters is 1. The highest BCUT2D eigenvalue weighted by atomic mass is 16.5. The van der Waals surface area contributed by atoms with Crippen LogP contribution in [0.25, 0.3) is 0 Å². The second-order valence-electron chi connectivity index (χ2n) is 3.13. The van der Waals surface area contributed by atoms with Gasteiger partial charge in [0.1, 0.15) is 0 Å². The van der Waals surface area contributed by atoms with Crippen LogP contribution in [-0.2, 0) is 9.53 Å². The Morgan fingerprint density at radius 1 is 1.08 bits per heavy atom. The van der Waals surface area contributed by atoms with Crippen LogP contribution >= 0.6 is 0 Å². The van der Waals surface area contributed by atoms with Gasteiger partial charge in [-0.05, 0) is 19.3 Å². The largest absolute Gasteiger partial charge is 0.463 e. The van der Waals surface area contributed by atoms with Crippen molar-refractivity contribution < 1.29 is 9.53 Å². The van der Waals surface area contributed by atoms with Crippen LogP contribution in [0.15, 0.2) is 12.2 Å². The third-order valence-electron chi connectivity index (χ3n) is 2.01. The number of cyclic esters (lactones) is 1. The van der Waals surface area contributed by atoms with E-state index in [1.165, 1.54) is 25.7 Å². The topological polar surface area (TPSA) is 26.3 Å². The van der Waals surface area contributed by atoms with Crippen LogP contribution in [-0.4, -0.2) is 12.6 Å². The zero-order valence-electron chi connectivity index (χ0n) is 7.42. The molecule has 0 fully saturated rings. The highest BCUT2D eigenvalue weighted by Gasteiger charge is 1.98. The zero-order chi connectivity index (χ0) is 8.65. The molecule has 0 spiro atoms. The number of rotatable bonds is 0. The lowest BCUT2D eigenvalue weighted by Gasteiger charge is -2.00. The van der Waals surface area contributed by atoms with E-state index in [1.807, 2.05) is 6.08 Å². The molecule has 2 heteroatoms. The first-order valence-electron chi connectivity index (χ1n) is 4.73. The minimum absolute atomic E-state index is 0.183. The van der Waals surface area contributed by atoms with Crippen LogP contribution in [0, 0.1) is 0 Å². The van der Waals surface area contributed by atoms with Gasteiger partial charge in [0, 0.05) is 6.08 Å². The Labute approximate surface area is 73.6 Å². The Morgan fingerprint density at radius 3 is 2.75 bits per heavy atom. The van der Waals surface area contributed by atoms with Gasteiger partial charge in [0.2, 0.25) is 0 Å². The molecule has 1 heterocycles. The predicted octanol–water partition coefficient (Wildman–Crippen LogP) is 2.44. The monoisotopic (exact) mass is 168 g/mol. The van der Waals surface area contributed by atoms with E-state index in [4.69, 9.17) is 4.74 Å². The average molecular weight is 168 g/mol. The molecule has 0 aliphatic carbocycles. The van der Waals surface area contributed by atoms with Crippen molar-refractivity contribution in [1.82, 2.24) is 0 Å². The summed E-state index contributed by atoms with van der Waals surface area (Å²) in [6.45, 7) is 0.586. The minimum atomic E-state index is -0.183. The lowest BCUT2D eigenvalue weighted by atomic mass is 10.1. The van der Waals surface area contributed by atoms with Crippen molar-refractivity contribution in [3.8, 4) is 0 Å². The van der Waals surface area contributed by atoms with Crippen LogP contribution in [0.1, 0.15) is 38.5 Å². The summed E-state index contributed by atoms with van der Waals surface area (Å²) >= 11 is 0. The van der Waals surface area contributed by atoms with Crippen LogP contribution in [0.4, 0.5) is 0 Å². The molecule has 0 bridgehead atoms. The highest BCUT2D eigenvalue weighted by molar-refractivity contribution is 5.81. The van der Waals surface area contributed by atoms with E-state index in [0.717, 1.165) is 12.8 Å². The molecular weight excluding hydrogens is 152 g/mol. The first-order valence-corrected chi connectivity index (χ1v) is 4.73. The van der Waals surface area contributed by atoms with E-state index in [2.05, 4.69) is 0 Å². The number of allylic oxidation sites excluding steroid dienone is 1. The summed E-state index contributed by atoms with van der Waals surface area (Å²) < 4.78 is 4.95. The van der Waals surface area contributed by atoms with Crippen molar-refractivity contribution >= 4 is 5.97 Å². The maximum absolute atomic E-state index is 10.9. The molecule has 12 heavy (non-hydrogen) atoms. The number of carbonyl (C=O) groups is 1. The van der Waals surface area contributed by atoms with Gasteiger partial charge >= 0.3 is 5.97 Å². The number of carbonyl (C=O) groups excluding carboxylic acids is 1. The van der Waals surface area contributed by atoms with Crippen LogP contribution < -0.4 is 0 Å². The number of hydrogen-bond donors (Lipinski definition) is 0. The number of hydrogen-bond acceptors (Lipinski definition) is 2. The van der Waals surface area contributed by atoms with Crippen molar-refractivity contribution in [3.63, 3.8) is 0 Å². The molecule has 0 amide bonds. The number of ether oxygens (including phenoxy) is 1. The van der Waals surface area contributed by atoms with Gasteiger partial charge in [-0.15, -0.1) is 0 Å². The van der Waals surface area contributed by atoms with Crippen molar-refractivity contribution in [1.29, 1.82) is 0 Å². The lowest BCUT2D eigenvalue weighted by Crippen LogP contribution is -2.01. The Morgan fingerprint density at radius 2 is 1.83 bits per heavy atom. The van der Waals surface area contributed by atoms with Gasteiger partial charge < -0.3 is 4.74 Å². The van der Waals surface area contributed by atoms with Crippen LogP contribution in [0.2, 0.25) is 0 Å². The first-order chi connectivity index (χ1) is 5.89. The van der Waals surface area contributed by atoms with E-state index in [0.29, 0.717) is 6.61 Å². The Bertz CT molecular complexity index is 161. The fraction of sp³-hybridized carbons (Fsp3) is 0.700. The molecule has 1 aliphatic heterocycles. The third-order valence-corrected chi connectivity index (χ3v) is 2.01. The second-order valence-corrected chi connectivity index (χ2v) is 3.13. The molecule has 2 nitrogen and oxygen atoms in total. The molecule has 0 aromatic carbocycles. The van der Waals surface area contributed by atoms with Crippen LogP contribution in [0.5, 0.6) is 0 Å². The van der Waals surface area contributed by atoms with E-state index < -0.39 is 0 Å². The molecular formula is C10H16O2. The third kappa shape index (κ3) is 4.16. The first kappa shape index (κ1) is 9.30. The van der Waals surface area contributed by atoms with Crippen molar-refractivity contribution in [2.45, 2.75) is 38.5 Å². The Balaban J connectivity index is 2.29. The summed E-state index contributed by atoms with van der Waals surface area (Å²) in [7, 11) is 0. The molecule has 1 aliphatic rings. The summed E-state index contributed by atoms with van der Waals surface area (Å²) in [5.41, 5.74) is 0. The van der Waals surface area contributed by atoms with Gasteiger partial charge in [-0.1, -0.05) is 25.3 Å². The predicted molar refractivity (Wildman–Crippen MR) is 47.8 cm³/mol. The molecule has 68 valence electrons. The summed E-state index contributed by atoms with van der Waals surface area (Å²) in [5, 5.41) is 0. The summed E-state index contributed by atoms with van der Waals surface area (Å²) in [5.74, 6) is -0.183. The maximum atomic E-state index is 10.9. The molecule has 0 aromatic heterocycles.